The molecule has 0 fully saturated rings. The van der Waals surface area contributed by atoms with Crippen molar-refractivity contribution < 1.29 is 9.90 Å². The molecule has 3 N–H and O–H groups in total. The summed E-state index contributed by atoms with van der Waals surface area (Å²) in [7, 11) is 1.53. The molecule has 1 aromatic carbocycles. The van der Waals surface area contributed by atoms with Gasteiger partial charge in [-0.05, 0) is 24.3 Å². The second-order valence-electron chi connectivity index (χ2n) is 4.40. The topological polar surface area (TPSA) is 91.6 Å². The van der Waals surface area contributed by atoms with Gasteiger partial charge in [0.2, 0.25) is 0 Å². The summed E-state index contributed by atoms with van der Waals surface area (Å²) >= 11 is 0. The molecule has 0 aliphatic carbocycles. The average Bonchev–Trinajstić information content (AvgIpc) is 2.88. The van der Waals surface area contributed by atoms with E-state index in [-0.39, 0.29) is 11.8 Å². The molecule has 0 bridgehead atoms. The van der Waals surface area contributed by atoms with Crippen LogP contribution in [0.15, 0.2) is 42.6 Å². The number of phenols is 1. The summed E-state index contributed by atoms with van der Waals surface area (Å²) in [6.45, 7) is 0. The van der Waals surface area contributed by atoms with Crippen molar-refractivity contribution in [3.8, 4) is 17.0 Å². The number of aromatic hydroxyl groups is 1. The Bertz CT molecular complexity index is 812. The molecular weight excluding hydrogens is 270 g/mol. The van der Waals surface area contributed by atoms with E-state index in [4.69, 9.17) is 0 Å². The van der Waals surface area contributed by atoms with E-state index in [1.54, 1.807) is 41.0 Å². The summed E-state index contributed by atoms with van der Waals surface area (Å²) in [4.78, 5) is 15.5. The van der Waals surface area contributed by atoms with Crippen molar-refractivity contribution >= 4 is 17.5 Å². The molecule has 7 heteroatoms. The Morgan fingerprint density at radius 1 is 1.29 bits per heavy atom. The number of nitrogens with one attached hydrogen (secondary N) is 2. The van der Waals surface area contributed by atoms with Crippen molar-refractivity contribution in [2.45, 2.75) is 0 Å². The number of phenolic OH excluding ortho intramolecular Hbond substituents is 1. The Kier molecular flexibility index (Phi) is 3.15. The number of carbonyl (C=O) groups is 1. The zero-order chi connectivity index (χ0) is 14.8. The SMILES string of the molecule is CNC(=O)Nc1cn2nc(-c3cccc(O)c3)ccc2n1. The standard InChI is InChI=1S/C14H13N5O2/c1-15-14(21)17-12-8-19-13(16-12)6-5-11(18-19)9-3-2-4-10(20)7-9/h2-8,20H,1H3,(H2,15,17,21). The maximum absolute atomic E-state index is 11.3. The highest BCUT2D eigenvalue weighted by Crippen LogP contribution is 2.21. The lowest BCUT2D eigenvalue weighted by Gasteiger charge is -2.01. The van der Waals surface area contributed by atoms with Crippen LogP contribution in [-0.2, 0) is 0 Å². The third-order valence-electron chi connectivity index (χ3n) is 2.93. The van der Waals surface area contributed by atoms with Gasteiger partial charge in [0.25, 0.3) is 0 Å². The number of hydrogen-bond donors (Lipinski definition) is 3. The molecule has 0 atom stereocenters. The zero-order valence-corrected chi connectivity index (χ0v) is 11.2. The summed E-state index contributed by atoms with van der Waals surface area (Å²) < 4.78 is 1.57. The summed E-state index contributed by atoms with van der Waals surface area (Å²) in [5.74, 6) is 0.594. The molecule has 0 unspecified atom stereocenters. The predicted molar refractivity (Wildman–Crippen MR) is 78.2 cm³/mol. The van der Waals surface area contributed by atoms with E-state index in [0.29, 0.717) is 17.2 Å². The fourth-order valence-corrected chi connectivity index (χ4v) is 1.94. The maximum Gasteiger partial charge on any atom is 0.320 e. The van der Waals surface area contributed by atoms with Crippen LogP contribution in [0.2, 0.25) is 0 Å². The van der Waals surface area contributed by atoms with Crippen LogP contribution in [0, 0.1) is 0 Å². The second kappa shape index (κ2) is 5.12. The third-order valence-corrected chi connectivity index (χ3v) is 2.93. The molecule has 0 spiro atoms. The van der Waals surface area contributed by atoms with Gasteiger partial charge < -0.3 is 10.4 Å². The normalized spacial score (nSPS) is 10.5. The molecule has 2 heterocycles. The molecule has 7 nitrogen and oxygen atoms in total. The van der Waals surface area contributed by atoms with Crippen LogP contribution in [0.1, 0.15) is 0 Å². The van der Waals surface area contributed by atoms with Crippen molar-refractivity contribution in [3.63, 3.8) is 0 Å². The fraction of sp³-hybridized carbons (Fsp3) is 0.0714. The molecule has 0 radical (unpaired) electrons. The smallest absolute Gasteiger partial charge is 0.320 e. The predicted octanol–water partition coefficient (Wildman–Crippen LogP) is 1.85. The van der Waals surface area contributed by atoms with Gasteiger partial charge in [-0.1, -0.05) is 12.1 Å². The van der Waals surface area contributed by atoms with Crippen molar-refractivity contribution in [2.24, 2.45) is 0 Å². The third kappa shape index (κ3) is 2.62. The van der Waals surface area contributed by atoms with Gasteiger partial charge >= 0.3 is 6.03 Å². The molecule has 3 rings (SSSR count). The van der Waals surface area contributed by atoms with Crippen molar-refractivity contribution in [1.82, 2.24) is 19.9 Å². The zero-order valence-electron chi connectivity index (χ0n) is 11.2. The van der Waals surface area contributed by atoms with Gasteiger partial charge in [0.1, 0.15) is 5.75 Å². The molecule has 0 aliphatic heterocycles. The van der Waals surface area contributed by atoms with E-state index < -0.39 is 0 Å². The maximum atomic E-state index is 11.3. The van der Waals surface area contributed by atoms with Gasteiger partial charge in [-0.15, -0.1) is 0 Å². The first-order valence-electron chi connectivity index (χ1n) is 6.30. The van der Waals surface area contributed by atoms with Crippen molar-refractivity contribution in [1.29, 1.82) is 0 Å². The Morgan fingerprint density at radius 2 is 2.14 bits per heavy atom. The Hall–Kier alpha value is -3.09. The summed E-state index contributed by atoms with van der Waals surface area (Å²) in [5.41, 5.74) is 2.11. The van der Waals surface area contributed by atoms with Crippen LogP contribution < -0.4 is 10.6 Å². The van der Waals surface area contributed by atoms with Gasteiger partial charge in [-0.25, -0.2) is 14.3 Å². The average molecular weight is 283 g/mol. The first kappa shape index (κ1) is 12.9. The number of hydrogen-bond acceptors (Lipinski definition) is 4. The number of carbonyl (C=O) groups excluding carboxylic acids is 1. The number of nitrogens with zero attached hydrogens (tertiary/aromatic N) is 3. The monoisotopic (exact) mass is 283 g/mol. The number of benzene rings is 1. The van der Waals surface area contributed by atoms with E-state index in [0.717, 1.165) is 5.56 Å². The summed E-state index contributed by atoms with van der Waals surface area (Å²) in [5, 5.41) is 19.0. The molecule has 2 aromatic heterocycles. The number of imidazole rings is 1. The van der Waals surface area contributed by atoms with Gasteiger partial charge in [0.05, 0.1) is 11.9 Å². The molecule has 106 valence electrons. The summed E-state index contributed by atoms with van der Waals surface area (Å²) in [6, 6.07) is 10.1. The first-order chi connectivity index (χ1) is 10.2. The van der Waals surface area contributed by atoms with Crippen LogP contribution in [0.25, 0.3) is 16.9 Å². The molecule has 21 heavy (non-hydrogen) atoms. The number of anilines is 1. The lowest BCUT2D eigenvalue weighted by molar-refractivity contribution is 0.254. The van der Waals surface area contributed by atoms with Gasteiger partial charge in [-0.3, -0.25) is 5.32 Å². The highest BCUT2D eigenvalue weighted by atomic mass is 16.3. The van der Waals surface area contributed by atoms with E-state index >= 15 is 0 Å². The van der Waals surface area contributed by atoms with E-state index in [2.05, 4.69) is 20.7 Å². The summed E-state index contributed by atoms with van der Waals surface area (Å²) in [6.07, 6.45) is 1.62. The molecule has 0 aliphatic rings. The molecule has 0 saturated heterocycles. The Labute approximate surface area is 120 Å². The molecule has 0 saturated carbocycles. The number of amides is 2. The number of rotatable bonds is 2. The highest BCUT2D eigenvalue weighted by molar-refractivity contribution is 5.88. The highest BCUT2D eigenvalue weighted by Gasteiger charge is 2.07. The van der Waals surface area contributed by atoms with E-state index in [9.17, 15) is 9.90 Å². The Balaban J connectivity index is 1.98. The first-order valence-corrected chi connectivity index (χ1v) is 6.30. The number of aromatic nitrogens is 3. The van der Waals surface area contributed by atoms with Gasteiger partial charge in [0.15, 0.2) is 11.5 Å². The lowest BCUT2D eigenvalue weighted by Crippen LogP contribution is -2.24. The largest absolute Gasteiger partial charge is 0.508 e. The quantitative estimate of drug-likeness (QED) is 0.669. The Morgan fingerprint density at radius 3 is 2.90 bits per heavy atom. The molecule has 2 amide bonds. The van der Waals surface area contributed by atoms with Crippen LogP contribution in [0.5, 0.6) is 5.75 Å². The van der Waals surface area contributed by atoms with Crippen LogP contribution in [0.3, 0.4) is 0 Å². The van der Waals surface area contributed by atoms with Crippen molar-refractivity contribution in [2.75, 3.05) is 12.4 Å². The minimum Gasteiger partial charge on any atom is -0.508 e. The molecule has 3 aromatic rings. The minimum atomic E-state index is -0.341. The van der Waals surface area contributed by atoms with Crippen LogP contribution in [0.4, 0.5) is 10.6 Å². The second-order valence-corrected chi connectivity index (χ2v) is 4.40. The van der Waals surface area contributed by atoms with Crippen LogP contribution >= 0.6 is 0 Å². The van der Waals surface area contributed by atoms with Gasteiger partial charge in [-0.2, -0.15) is 5.10 Å². The lowest BCUT2D eigenvalue weighted by atomic mass is 10.1. The molecular formula is C14H13N5O2. The van der Waals surface area contributed by atoms with Crippen LogP contribution in [-0.4, -0.2) is 32.8 Å². The van der Waals surface area contributed by atoms with Crippen molar-refractivity contribution in [3.05, 3.63) is 42.6 Å². The minimum absolute atomic E-state index is 0.182. The fourth-order valence-electron chi connectivity index (χ4n) is 1.94. The van der Waals surface area contributed by atoms with E-state index in [1.165, 1.54) is 7.05 Å². The number of urea groups is 1. The van der Waals surface area contributed by atoms with Gasteiger partial charge in [0, 0.05) is 12.6 Å². The number of fused-ring (bicyclic) bond motifs is 1. The van der Waals surface area contributed by atoms with E-state index in [1.807, 2.05) is 6.07 Å².